The maximum absolute atomic E-state index is 12.5. The average molecular weight is 471 g/mol. The topological polar surface area (TPSA) is 67.4 Å². The van der Waals surface area contributed by atoms with E-state index >= 15 is 0 Å². The number of carbonyl (C=O) groups is 2. The van der Waals surface area contributed by atoms with Gasteiger partial charge in [0.15, 0.2) is 5.78 Å². The van der Waals surface area contributed by atoms with Crippen molar-refractivity contribution in [3.8, 4) is 11.5 Å². The van der Waals surface area contributed by atoms with Crippen molar-refractivity contribution in [1.82, 2.24) is 5.32 Å². The molecule has 0 aliphatic carbocycles. The number of ether oxygens (including phenoxy) is 1. The predicted octanol–water partition coefficient (Wildman–Crippen LogP) is 6.09. The Morgan fingerprint density at radius 3 is 2.09 bits per heavy atom. The van der Waals surface area contributed by atoms with Crippen molar-refractivity contribution in [2.24, 2.45) is 0 Å². The van der Waals surface area contributed by atoms with Gasteiger partial charge in [-0.25, -0.2) is 0 Å². The highest BCUT2D eigenvalue weighted by Crippen LogP contribution is 2.30. The van der Waals surface area contributed by atoms with Gasteiger partial charge in [-0.15, -0.1) is 0 Å². The van der Waals surface area contributed by atoms with Crippen molar-refractivity contribution in [2.75, 3.05) is 11.9 Å². The summed E-state index contributed by atoms with van der Waals surface area (Å²) in [6.45, 7) is 0.445. The lowest BCUT2D eigenvalue weighted by molar-refractivity contribution is -0.115. The molecular weight excluding hydrogens is 448 g/mol. The second-order valence-corrected chi connectivity index (χ2v) is 7.96. The number of ketones is 1. The Kier molecular flexibility index (Phi) is 7.71. The van der Waals surface area contributed by atoms with Crippen molar-refractivity contribution in [3.63, 3.8) is 0 Å². The molecule has 0 radical (unpaired) electrons. The Morgan fingerprint density at radius 2 is 1.38 bits per heavy atom. The standard InChI is InChI=1S/C28H23ClN2O3/c29-25-12-7-13-26(34-23-10-5-2-6-11-23)24(25)18-30-19-27(32)31-22-16-14-21(15-17-22)28(33)20-8-3-1-4-9-20/h1-17,30H,18-19H2,(H,31,32). The van der Waals surface area contributed by atoms with Crippen LogP contribution in [0.1, 0.15) is 21.5 Å². The zero-order valence-corrected chi connectivity index (χ0v) is 19.1. The minimum Gasteiger partial charge on any atom is -0.457 e. The first-order valence-electron chi connectivity index (χ1n) is 10.8. The Bertz CT molecular complexity index is 1260. The first kappa shape index (κ1) is 23.2. The van der Waals surface area contributed by atoms with Crippen molar-refractivity contribution in [3.05, 3.63) is 125 Å². The fourth-order valence-electron chi connectivity index (χ4n) is 3.39. The molecular formula is C28H23ClN2O3. The minimum absolute atomic E-state index is 0.0617. The Balaban J connectivity index is 1.31. The first-order chi connectivity index (χ1) is 16.6. The molecule has 0 unspecified atom stereocenters. The van der Waals surface area contributed by atoms with Crippen LogP contribution in [-0.2, 0) is 11.3 Å². The minimum atomic E-state index is -0.209. The number of anilines is 1. The van der Waals surface area contributed by atoms with E-state index < -0.39 is 0 Å². The molecule has 0 saturated heterocycles. The number of carbonyl (C=O) groups excluding carboxylic acids is 2. The largest absolute Gasteiger partial charge is 0.457 e. The smallest absolute Gasteiger partial charge is 0.238 e. The lowest BCUT2D eigenvalue weighted by Gasteiger charge is -2.13. The number of hydrogen-bond donors (Lipinski definition) is 2. The summed E-state index contributed by atoms with van der Waals surface area (Å²) in [6, 6.07) is 30.8. The Morgan fingerprint density at radius 1 is 0.735 bits per heavy atom. The second kappa shape index (κ2) is 11.3. The van der Waals surface area contributed by atoms with Crippen LogP contribution in [0, 0.1) is 0 Å². The molecule has 4 rings (SSSR count). The molecule has 0 aliphatic heterocycles. The molecule has 0 bridgehead atoms. The van der Waals surface area contributed by atoms with Crippen LogP contribution in [0.2, 0.25) is 5.02 Å². The molecule has 0 saturated carbocycles. The fraction of sp³-hybridized carbons (Fsp3) is 0.0714. The van der Waals surface area contributed by atoms with E-state index in [1.807, 2.05) is 60.7 Å². The van der Waals surface area contributed by atoms with Crippen LogP contribution < -0.4 is 15.4 Å². The van der Waals surface area contributed by atoms with Crippen molar-refractivity contribution >= 4 is 29.0 Å². The van der Waals surface area contributed by atoms with Gasteiger partial charge < -0.3 is 15.4 Å². The Hall–Kier alpha value is -3.93. The molecule has 5 nitrogen and oxygen atoms in total. The molecule has 4 aromatic carbocycles. The molecule has 0 heterocycles. The van der Waals surface area contributed by atoms with Crippen LogP contribution in [0.3, 0.4) is 0 Å². The highest BCUT2D eigenvalue weighted by atomic mass is 35.5. The van der Waals surface area contributed by atoms with Gasteiger partial charge in [-0.1, -0.05) is 66.2 Å². The Labute approximate surface area is 203 Å². The van der Waals surface area contributed by atoms with Gasteiger partial charge in [0.1, 0.15) is 11.5 Å². The number of amides is 1. The number of benzene rings is 4. The van der Waals surface area contributed by atoms with Gasteiger partial charge in [0.2, 0.25) is 5.91 Å². The summed E-state index contributed by atoms with van der Waals surface area (Å²) >= 11 is 6.38. The number of halogens is 1. The van der Waals surface area contributed by atoms with Gasteiger partial charge in [0.05, 0.1) is 6.54 Å². The number of para-hydroxylation sites is 1. The second-order valence-electron chi connectivity index (χ2n) is 7.56. The van der Waals surface area contributed by atoms with Crippen molar-refractivity contribution in [2.45, 2.75) is 6.54 Å². The third-order valence-electron chi connectivity index (χ3n) is 5.10. The normalized spacial score (nSPS) is 10.5. The van der Waals surface area contributed by atoms with Crippen LogP contribution in [0.25, 0.3) is 0 Å². The van der Waals surface area contributed by atoms with Crippen LogP contribution in [0.15, 0.2) is 103 Å². The molecule has 0 aromatic heterocycles. The zero-order chi connectivity index (χ0) is 23.8. The summed E-state index contributed by atoms with van der Waals surface area (Å²) in [5, 5.41) is 6.49. The predicted molar refractivity (Wildman–Crippen MR) is 135 cm³/mol. The monoisotopic (exact) mass is 470 g/mol. The summed E-state index contributed by atoms with van der Waals surface area (Å²) in [5.41, 5.74) is 2.57. The molecule has 34 heavy (non-hydrogen) atoms. The molecule has 0 fully saturated rings. The molecule has 0 spiro atoms. The lowest BCUT2D eigenvalue weighted by atomic mass is 10.0. The molecule has 1 amide bonds. The van der Waals surface area contributed by atoms with Crippen LogP contribution in [-0.4, -0.2) is 18.2 Å². The third-order valence-corrected chi connectivity index (χ3v) is 5.46. The number of rotatable bonds is 9. The molecule has 170 valence electrons. The summed E-state index contributed by atoms with van der Waals surface area (Å²) in [6.07, 6.45) is 0. The van der Waals surface area contributed by atoms with Crippen LogP contribution in [0.4, 0.5) is 5.69 Å². The van der Waals surface area contributed by atoms with Gasteiger partial charge in [0.25, 0.3) is 0 Å². The highest BCUT2D eigenvalue weighted by molar-refractivity contribution is 6.31. The van der Waals surface area contributed by atoms with E-state index in [0.717, 1.165) is 5.56 Å². The third kappa shape index (κ3) is 6.10. The van der Waals surface area contributed by atoms with E-state index in [0.29, 0.717) is 39.9 Å². The number of hydrogen-bond acceptors (Lipinski definition) is 4. The van der Waals surface area contributed by atoms with Gasteiger partial charge in [-0.2, -0.15) is 0 Å². The lowest BCUT2D eigenvalue weighted by Crippen LogP contribution is -2.28. The molecule has 2 N–H and O–H groups in total. The number of nitrogens with one attached hydrogen (secondary N) is 2. The van der Waals surface area contributed by atoms with Gasteiger partial charge in [-0.3, -0.25) is 9.59 Å². The van der Waals surface area contributed by atoms with Gasteiger partial charge in [-0.05, 0) is 48.5 Å². The maximum atomic E-state index is 12.5. The summed E-state index contributed by atoms with van der Waals surface area (Å²) in [4.78, 5) is 24.9. The SMILES string of the molecule is O=C(CNCc1c(Cl)cccc1Oc1ccccc1)Nc1ccc(C(=O)c2ccccc2)cc1. The molecule has 0 atom stereocenters. The molecule has 0 aliphatic rings. The van der Waals surface area contributed by atoms with E-state index in [-0.39, 0.29) is 18.2 Å². The van der Waals surface area contributed by atoms with Crippen molar-refractivity contribution in [1.29, 1.82) is 0 Å². The summed E-state index contributed by atoms with van der Waals surface area (Å²) < 4.78 is 5.95. The van der Waals surface area contributed by atoms with Crippen LogP contribution >= 0.6 is 11.6 Å². The van der Waals surface area contributed by atoms with E-state index in [1.165, 1.54) is 0 Å². The average Bonchev–Trinajstić information content (AvgIpc) is 2.87. The van der Waals surface area contributed by atoms with Gasteiger partial charge in [0, 0.05) is 33.9 Å². The van der Waals surface area contributed by atoms with E-state index in [4.69, 9.17) is 16.3 Å². The summed E-state index contributed by atoms with van der Waals surface area (Å²) in [7, 11) is 0. The molecule has 4 aromatic rings. The highest BCUT2D eigenvalue weighted by Gasteiger charge is 2.11. The van der Waals surface area contributed by atoms with E-state index in [1.54, 1.807) is 42.5 Å². The first-order valence-corrected chi connectivity index (χ1v) is 11.2. The van der Waals surface area contributed by atoms with Crippen molar-refractivity contribution < 1.29 is 14.3 Å². The summed E-state index contributed by atoms with van der Waals surface area (Å²) in [5.74, 6) is 1.07. The molecule has 6 heteroatoms. The van der Waals surface area contributed by atoms with Crippen LogP contribution in [0.5, 0.6) is 11.5 Å². The zero-order valence-electron chi connectivity index (χ0n) is 18.3. The maximum Gasteiger partial charge on any atom is 0.238 e. The van der Waals surface area contributed by atoms with E-state index in [9.17, 15) is 9.59 Å². The van der Waals surface area contributed by atoms with Gasteiger partial charge >= 0.3 is 0 Å². The van der Waals surface area contributed by atoms with E-state index in [2.05, 4.69) is 10.6 Å². The quantitative estimate of drug-likeness (QED) is 0.290. The fourth-order valence-corrected chi connectivity index (χ4v) is 3.62.